The van der Waals surface area contributed by atoms with E-state index in [1.807, 2.05) is 4.72 Å². The Morgan fingerprint density at radius 1 is 1.28 bits per heavy atom. The van der Waals surface area contributed by atoms with Crippen LogP contribution in [0.15, 0.2) is 30.3 Å². The van der Waals surface area contributed by atoms with Crippen LogP contribution in [-0.4, -0.2) is 63.0 Å². The number of hydrogen-bond donors (Lipinski definition) is 4. The van der Waals surface area contributed by atoms with Crippen molar-refractivity contribution >= 4 is 39.8 Å². The van der Waals surface area contributed by atoms with Gasteiger partial charge in [0.05, 0.1) is 0 Å². The van der Waals surface area contributed by atoms with Gasteiger partial charge < -0.3 is 16.7 Å². The maximum Gasteiger partial charge on any atom is 1.00 e. The molecule has 2 fully saturated rings. The second-order valence-corrected chi connectivity index (χ2v) is 9.98. The Morgan fingerprint density at radius 3 is 2.38 bits per heavy atom. The predicted octanol–water partition coefficient (Wildman–Crippen LogP) is -3.13. The van der Waals surface area contributed by atoms with E-state index in [4.69, 9.17) is 4.55 Å². The first-order valence-corrected chi connectivity index (χ1v) is 10.6. The summed E-state index contributed by atoms with van der Waals surface area (Å²) in [5, 5.41) is 11.3. The fraction of sp³-hybridized carbons (Fsp3) is 0.438. The van der Waals surface area contributed by atoms with E-state index in [1.54, 1.807) is 32.0 Å². The first kappa shape index (κ1) is 24.1. The van der Waals surface area contributed by atoms with Crippen molar-refractivity contribution in [1.29, 1.82) is 0 Å². The molecule has 4 atom stereocenters. The molecule has 0 bridgehead atoms. The SMILES string of the molecule is CC1(C)S[C@@H]2[C@H](NC(=O)[C@H](NS(=O)(=O)O)c3ccccc3)C(=O)N2[C@H]1C(=O)O.[H-].[Na+]. The molecule has 2 aliphatic rings. The minimum Gasteiger partial charge on any atom is -1.00 e. The van der Waals surface area contributed by atoms with Gasteiger partial charge in [-0.05, 0) is 19.4 Å². The summed E-state index contributed by atoms with van der Waals surface area (Å²) >= 11 is 1.25. The van der Waals surface area contributed by atoms with Crippen LogP contribution < -0.4 is 39.6 Å². The third kappa shape index (κ3) is 4.79. The smallest absolute Gasteiger partial charge is 1.00 e. The van der Waals surface area contributed by atoms with Gasteiger partial charge in [-0.15, -0.1) is 11.8 Å². The summed E-state index contributed by atoms with van der Waals surface area (Å²) in [6.07, 6.45) is 0. The number of fused-ring (bicyclic) bond motifs is 1. The zero-order valence-corrected chi connectivity index (χ0v) is 19.5. The summed E-state index contributed by atoms with van der Waals surface area (Å²) in [5.41, 5.74) is 0.268. The first-order valence-electron chi connectivity index (χ1n) is 8.25. The number of aliphatic carboxylic acids is 1. The fourth-order valence-electron chi connectivity index (χ4n) is 3.45. The largest absolute Gasteiger partial charge is 1.00 e. The molecule has 2 heterocycles. The Labute approximate surface area is 195 Å². The first-order chi connectivity index (χ1) is 12.9. The summed E-state index contributed by atoms with van der Waals surface area (Å²) in [5.74, 6) is -2.52. The van der Waals surface area contributed by atoms with Gasteiger partial charge in [-0.2, -0.15) is 13.1 Å². The van der Waals surface area contributed by atoms with Gasteiger partial charge in [0.2, 0.25) is 11.8 Å². The van der Waals surface area contributed by atoms with E-state index in [1.165, 1.54) is 28.8 Å². The third-order valence-corrected chi connectivity index (χ3v) is 6.74. The summed E-state index contributed by atoms with van der Waals surface area (Å²) in [7, 11) is -4.70. The second kappa shape index (κ2) is 8.53. The van der Waals surface area contributed by atoms with E-state index in [9.17, 15) is 27.9 Å². The molecule has 0 aliphatic carbocycles. The van der Waals surface area contributed by atoms with Gasteiger partial charge in [-0.25, -0.2) is 4.79 Å². The molecule has 0 unspecified atom stereocenters. The van der Waals surface area contributed by atoms with E-state index in [0.717, 1.165) is 0 Å². The van der Waals surface area contributed by atoms with Crippen LogP contribution in [0.25, 0.3) is 0 Å². The number of carboxylic acid groups (broad SMARTS) is 1. The predicted molar refractivity (Wildman–Crippen MR) is 101 cm³/mol. The van der Waals surface area contributed by atoms with Gasteiger partial charge in [0.1, 0.15) is 23.5 Å². The standard InChI is InChI=1S/C16H19N3O7S2.Na.H/c1-16(2)11(15(22)23)19-13(21)10(14(19)27-16)17-12(20)9(18-28(24,25)26)8-6-4-3-5-7-8;;/h3-7,9-11,14,18H,1-2H3,(H,17,20)(H,22,23)(H,24,25,26);;/q;+1;-1/t9-,10-,11+,14-;;/m1../s1. The minimum absolute atomic E-state index is 0. The van der Waals surface area contributed by atoms with Gasteiger partial charge in [0, 0.05) is 4.75 Å². The number of thioether (sulfide) groups is 1. The molecule has 10 nitrogen and oxygen atoms in total. The number of carboxylic acids is 1. The van der Waals surface area contributed by atoms with E-state index < -0.39 is 56.3 Å². The average Bonchev–Trinajstić information content (AvgIpc) is 2.85. The van der Waals surface area contributed by atoms with Crippen molar-refractivity contribution in [1.82, 2.24) is 14.9 Å². The van der Waals surface area contributed by atoms with Crippen LogP contribution in [0, 0.1) is 0 Å². The van der Waals surface area contributed by atoms with Gasteiger partial charge in [0.25, 0.3) is 0 Å². The number of benzene rings is 1. The fourth-order valence-corrected chi connectivity index (χ4v) is 5.62. The van der Waals surface area contributed by atoms with Crippen molar-refractivity contribution in [2.45, 2.75) is 42.1 Å². The van der Waals surface area contributed by atoms with Crippen molar-refractivity contribution in [3.63, 3.8) is 0 Å². The monoisotopic (exact) mass is 453 g/mol. The molecule has 1 aromatic rings. The van der Waals surface area contributed by atoms with Crippen molar-refractivity contribution in [3.8, 4) is 0 Å². The molecule has 0 saturated carbocycles. The number of nitrogens with one attached hydrogen (secondary N) is 2. The van der Waals surface area contributed by atoms with Crippen molar-refractivity contribution in [2.75, 3.05) is 0 Å². The van der Waals surface area contributed by atoms with Crippen molar-refractivity contribution in [2.24, 2.45) is 0 Å². The van der Waals surface area contributed by atoms with E-state index in [-0.39, 0.29) is 36.5 Å². The van der Waals surface area contributed by atoms with Gasteiger partial charge in [0.15, 0.2) is 0 Å². The quantitative estimate of drug-likeness (QED) is 0.200. The normalized spacial score (nSPS) is 26.0. The molecule has 0 spiro atoms. The Morgan fingerprint density at radius 2 is 1.86 bits per heavy atom. The maximum absolute atomic E-state index is 12.7. The molecule has 3 rings (SSSR count). The zero-order valence-electron chi connectivity index (χ0n) is 16.9. The van der Waals surface area contributed by atoms with Gasteiger partial charge in [-0.1, -0.05) is 30.3 Å². The van der Waals surface area contributed by atoms with Crippen LogP contribution in [0.2, 0.25) is 0 Å². The molecule has 2 saturated heterocycles. The number of hydrogen-bond acceptors (Lipinski definition) is 6. The molecule has 154 valence electrons. The van der Waals surface area contributed by atoms with E-state index in [2.05, 4.69) is 5.32 Å². The molecule has 13 heteroatoms. The summed E-state index contributed by atoms with van der Waals surface area (Å²) in [6.45, 7) is 3.40. The molecule has 4 N–H and O–H groups in total. The number of amides is 2. The topological polar surface area (TPSA) is 153 Å². The Balaban J connectivity index is 0.00000225. The number of nitrogens with zero attached hydrogens (tertiary/aromatic N) is 1. The van der Waals surface area contributed by atoms with E-state index in [0.29, 0.717) is 0 Å². The summed E-state index contributed by atoms with van der Waals surface area (Å²) < 4.78 is 32.7. The van der Waals surface area contributed by atoms with Crippen LogP contribution in [0.5, 0.6) is 0 Å². The van der Waals surface area contributed by atoms with Crippen molar-refractivity contribution < 1.29 is 63.4 Å². The Hall–Kier alpha value is -1.15. The van der Waals surface area contributed by atoms with Crippen LogP contribution >= 0.6 is 11.8 Å². The molecule has 2 amide bonds. The van der Waals surface area contributed by atoms with Crippen LogP contribution in [0.1, 0.15) is 26.9 Å². The molecule has 29 heavy (non-hydrogen) atoms. The second-order valence-electron chi connectivity index (χ2n) is 7.02. The molecule has 0 aromatic heterocycles. The van der Waals surface area contributed by atoms with Gasteiger partial charge >= 0.3 is 45.8 Å². The Bertz CT molecular complexity index is 932. The zero-order chi connectivity index (χ0) is 20.9. The van der Waals surface area contributed by atoms with Crippen LogP contribution in [0.3, 0.4) is 0 Å². The van der Waals surface area contributed by atoms with Crippen LogP contribution in [0.4, 0.5) is 0 Å². The van der Waals surface area contributed by atoms with Gasteiger partial charge in [-0.3, -0.25) is 14.1 Å². The summed E-state index contributed by atoms with van der Waals surface area (Å²) in [6, 6.07) is 4.36. The molecule has 0 radical (unpaired) electrons. The number of carbonyl (C=O) groups excluding carboxylic acids is 2. The van der Waals surface area contributed by atoms with Crippen LogP contribution in [-0.2, 0) is 24.7 Å². The number of carbonyl (C=O) groups is 3. The maximum atomic E-state index is 12.7. The molecule has 1 aromatic carbocycles. The van der Waals surface area contributed by atoms with E-state index >= 15 is 0 Å². The summed E-state index contributed by atoms with van der Waals surface area (Å²) in [4.78, 5) is 37.9. The van der Waals surface area contributed by atoms with Crippen molar-refractivity contribution in [3.05, 3.63) is 35.9 Å². The number of β-lactam (4-membered cyclic amide) rings is 1. The average molecular weight is 453 g/mol. The number of rotatable bonds is 6. The third-order valence-electron chi connectivity index (χ3n) is 4.63. The minimum atomic E-state index is -4.70. The molecular formula is C16H20N3NaO7S2. The molecule has 2 aliphatic heterocycles. The molecular weight excluding hydrogens is 433 g/mol. The Kier molecular flexibility index (Phi) is 7.10.